The summed E-state index contributed by atoms with van der Waals surface area (Å²) in [5.41, 5.74) is 4.75. The van der Waals surface area contributed by atoms with Crippen LogP contribution in [-0.2, 0) is 48.9 Å². The fourth-order valence-electron chi connectivity index (χ4n) is 5.34. The minimum Gasteiger partial charge on any atom is -0.392 e. The Morgan fingerprint density at radius 1 is 0.958 bits per heavy atom. The van der Waals surface area contributed by atoms with Crippen molar-refractivity contribution in [2.75, 3.05) is 12.8 Å². The van der Waals surface area contributed by atoms with Crippen LogP contribution < -0.4 is 15.4 Å². The van der Waals surface area contributed by atoms with Gasteiger partial charge in [0.05, 0.1) is 18.9 Å². The van der Waals surface area contributed by atoms with Gasteiger partial charge in [0.15, 0.2) is 0 Å². The van der Waals surface area contributed by atoms with Crippen molar-refractivity contribution in [2.24, 2.45) is 0 Å². The van der Waals surface area contributed by atoms with E-state index < -0.39 is 10.0 Å². The number of aliphatic hydroxyl groups is 1. The van der Waals surface area contributed by atoms with Gasteiger partial charge in [0.1, 0.15) is 0 Å². The summed E-state index contributed by atoms with van der Waals surface area (Å²) in [4.78, 5) is 22.2. The first-order valence-electron chi connectivity index (χ1n) is 15.9. The molecule has 5 rings (SSSR count). The summed E-state index contributed by atoms with van der Waals surface area (Å²) in [6.45, 7) is 6.82. The summed E-state index contributed by atoms with van der Waals surface area (Å²) in [6, 6.07) is 20.8. The number of fused-ring (bicyclic) bond motifs is 1. The van der Waals surface area contributed by atoms with Gasteiger partial charge in [0.25, 0.3) is 5.91 Å². The maximum Gasteiger partial charge on any atom is 0.252 e. The maximum absolute atomic E-state index is 12.2. The van der Waals surface area contributed by atoms with Crippen LogP contribution in [0.4, 0.5) is 0 Å². The summed E-state index contributed by atoms with van der Waals surface area (Å²) in [5, 5.41) is 15.6. The molecule has 12 heteroatoms. The number of hydrogen-bond acceptors (Lipinski definition) is 5. The van der Waals surface area contributed by atoms with Crippen LogP contribution in [0.25, 0.3) is 0 Å². The fourth-order valence-corrected chi connectivity index (χ4v) is 6.70. The predicted octanol–water partition coefficient (Wildman–Crippen LogP) is 7.15. The standard InChI is InChI=1S/C16H13Cl2NO.C10H13NO2.C7H15NO2S.C3H7.W/c1-9-11-4-2-3-5-12(11)16(20)19-15(9)13-7-6-10(17)8-14(13)18;12-7-10-3-1-9(2-4-10)5-6-11-8-13;1-11(9,10)8-7-5-3-2-4-6-7;1-3-2;/h2-9,15H,1H3,(H,19,20);1-4,8,12H,5-7H2,(H,11,13);7-8H,2-6H2,1H3;3H,1-2H3;/q;;;-1;. The van der Waals surface area contributed by atoms with Crippen molar-refractivity contribution in [1.82, 2.24) is 15.4 Å². The summed E-state index contributed by atoms with van der Waals surface area (Å²) < 4.78 is 24.2. The van der Waals surface area contributed by atoms with Gasteiger partial charge in [-0.2, -0.15) is 13.8 Å². The normalized spacial score (nSPS) is 16.9. The van der Waals surface area contributed by atoms with Crippen molar-refractivity contribution < 1.29 is 44.2 Å². The first-order chi connectivity index (χ1) is 22.4. The van der Waals surface area contributed by atoms with Crippen LogP contribution in [-0.4, -0.2) is 44.7 Å². The van der Waals surface area contributed by atoms with Gasteiger partial charge in [-0.15, -0.1) is 0 Å². The molecular weight excluding hydrogens is 841 g/mol. The van der Waals surface area contributed by atoms with E-state index in [9.17, 15) is 18.0 Å². The number of halogens is 2. The number of carbonyl (C=O) groups excluding carboxylic acids is 2. The molecular formula is C36H48Cl2N3O5SW-. The number of aliphatic hydroxyl groups excluding tert-OH is 1. The van der Waals surface area contributed by atoms with Crippen molar-refractivity contribution >= 4 is 45.5 Å². The third-order valence-electron chi connectivity index (χ3n) is 7.61. The first-order valence-corrected chi connectivity index (χ1v) is 18.5. The summed E-state index contributed by atoms with van der Waals surface area (Å²) >= 11 is 12.2. The molecule has 2 unspecified atom stereocenters. The van der Waals surface area contributed by atoms with Crippen LogP contribution >= 0.6 is 23.2 Å². The second-order valence-corrected chi connectivity index (χ2v) is 14.2. The predicted molar refractivity (Wildman–Crippen MR) is 192 cm³/mol. The number of nitrogens with one attached hydrogen (secondary N) is 3. The van der Waals surface area contributed by atoms with Gasteiger partial charge in [-0.05, 0) is 59.7 Å². The van der Waals surface area contributed by atoms with Crippen LogP contribution in [0.15, 0.2) is 66.7 Å². The van der Waals surface area contributed by atoms with E-state index in [0.29, 0.717) is 23.0 Å². The summed E-state index contributed by atoms with van der Waals surface area (Å²) in [6.07, 6.45) is 10.3. The molecule has 1 aliphatic carbocycles. The van der Waals surface area contributed by atoms with E-state index in [0.717, 1.165) is 59.9 Å². The Balaban J connectivity index is 0.000000360. The molecule has 0 radical (unpaired) electrons. The van der Waals surface area contributed by atoms with Crippen molar-refractivity contribution in [1.29, 1.82) is 0 Å². The second-order valence-electron chi connectivity index (χ2n) is 11.6. The number of sulfonamides is 1. The molecule has 1 fully saturated rings. The zero-order chi connectivity index (χ0) is 34.8. The third-order valence-corrected chi connectivity index (χ3v) is 8.94. The molecule has 2 amide bonds. The van der Waals surface area contributed by atoms with E-state index in [2.05, 4.69) is 22.3 Å². The Kier molecular flexibility index (Phi) is 21.2. The Morgan fingerprint density at radius 2 is 1.56 bits per heavy atom. The molecule has 0 spiro atoms. The minimum absolute atomic E-state index is 0. The molecule has 3 aromatic carbocycles. The first kappa shape index (κ1) is 43.8. The third kappa shape index (κ3) is 15.5. The van der Waals surface area contributed by atoms with E-state index in [1.54, 1.807) is 12.1 Å². The summed E-state index contributed by atoms with van der Waals surface area (Å²) in [5.74, 6) is 0.0947. The largest absolute Gasteiger partial charge is 0.392 e. The molecule has 3 aromatic rings. The van der Waals surface area contributed by atoms with E-state index in [4.69, 9.17) is 28.3 Å². The van der Waals surface area contributed by atoms with E-state index in [1.165, 1.54) is 12.7 Å². The monoisotopic (exact) mass is 888 g/mol. The minimum atomic E-state index is -2.97. The Labute approximate surface area is 311 Å². The molecule has 1 heterocycles. The topological polar surface area (TPSA) is 125 Å². The molecule has 1 saturated carbocycles. The average Bonchev–Trinajstić information content (AvgIpc) is 3.04. The molecule has 48 heavy (non-hydrogen) atoms. The Hall–Kier alpha value is -2.26. The smallest absolute Gasteiger partial charge is 0.252 e. The molecule has 1 aliphatic heterocycles. The molecule has 264 valence electrons. The molecule has 0 saturated heterocycles. The van der Waals surface area contributed by atoms with Gasteiger partial charge in [0.2, 0.25) is 16.4 Å². The van der Waals surface area contributed by atoms with Gasteiger partial charge in [-0.1, -0.05) is 97.9 Å². The summed E-state index contributed by atoms with van der Waals surface area (Å²) in [7, 11) is -2.97. The van der Waals surface area contributed by atoms with Gasteiger partial charge >= 0.3 is 0 Å². The van der Waals surface area contributed by atoms with Crippen LogP contribution in [0.2, 0.25) is 10.0 Å². The zero-order valence-electron chi connectivity index (χ0n) is 28.0. The number of rotatable bonds is 8. The van der Waals surface area contributed by atoms with Gasteiger partial charge in [0, 0.05) is 55.2 Å². The molecule has 8 nitrogen and oxygen atoms in total. The van der Waals surface area contributed by atoms with Crippen molar-refractivity contribution in [3.63, 3.8) is 0 Å². The Morgan fingerprint density at radius 3 is 2.12 bits per heavy atom. The molecule has 0 bridgehead atoms. The van der Waals surface area contributed by atoms with E-state index >= 15 is 0 Å². The SMILES string of the molecule is CC1c2ccccc2C(=O)NC1c1ccc(Cl)cc1Cl.CS(=O)(=O)NC1CCCCC1.C[CH-]C.O=CNCCc1ccc(CO)cc1.[W]. The quantitative estimate of drug-likeness (QED) is 0.109. The fraction of sp³-hybridized carbons (Fsp3) is 0.417. The second kappa shape index (κ2) is 23.2. The zero-order valence-corrected chi connectivity index (χ0v) is 33.3. The molecule has 4 N–H and O–H groups in total. The number of benzene rings is 3. The van der Waals surface area contributed by atoms with Gasteiger partial charge in [-0.3, -0.25) is 9.59 Å². The van der Waals surface area contributed by atoms with Crippen LogP contribution in [0.5, 0.6) is 0 Å². The van der Waals surface area contributed by atoms with Gasteiger partial charge in [-0.25, -0.2) is 13.1 Å². The average molecular weight is 890 g/mol. The molecule has 2 atom stereocenters. The van der Waals surface area contributed by atoms with Crippen LogP contribution in [0.3, 0.4) is 0 Å². The van der Waals surface area contributed by atoms with Crippen molar-refractivity contribution in [2.45, 2.75) is 83.9 Å². The van der Waals surface area contributed by atoms with Crippen LogP contribution in [0.1, 0.15) is 97.4 Å². The Bertz CT molecular complexity index is 1500. The number of amides is 2. The maximum atomic E-state index is 12.2. The van der Waals surface area contributed by atoms with Crippen LogP contribution in [0, 0.1) is 6.42 Å². The van der Waals surface area contributed by atoms with Crippen molar-refractivity contribution in [3.05, 3.63) is 111 Å². The number of carbonyl (C=O) groups is 2. The van der Waals surface area contributed by atoms with E-state index in [1.807, 2.05) is 74.9 Å². The molecule has 0 aromatic heterocycles. The molecule has 2 aliphatic rings. The van der Waals surface area contributed by atoms with Gasteiger partial charge < -0.3 is 22.2 Å². The van der Waals surface area contributed by atoms with Crippen molar-refractivity contribution in [3.8, 4) is 0 Å². The number of hydrogen-bond donors (Lipinski definition) is 4. The van der Waals surface area contributed by atoms with E-state index in [-0.39, 0.29) is 51.6 Å².